The Kier molecular flexibility index (Phi) is 13.6. The van der Waals surface area contributed by atoms with Gasteiger partial charge in [-0.25, -0.2) is 4.68 Å². The Bertz CT molecular complexity index is 501. The second kappa shape index (κ2) is 11.9. The highest BCUT2D eigenvalue weighted by Crippen LogP contribution is 2.00. The quantitative estimate of drug-likeness (QED) is 0.764. The number of nitrogens with one attached hydrogen (secondary N) is 1. The average molecular weight is 299 g/mol. The summed E-state index contributed by atoms with van der Waals surface area (Å²) < 4.78 is 1.40. The summed E-state index contributed by atoms with van der Waals surface area (Å²) in [4.78, 5) is 10.8. The van der Waals surface area contributed by atoms with Crippen LogP contribution in [0.1, 0.15) is 64.6 Å². The first kappa shape index (κ1) is 24.1. The van der Waals surface area contributed by atoms with Crippen LogP contribution in [0.15, 0.2) is 12.1 Å². The van der Waals surface area contributed by atoms with Gasteiger partial charge in [0.1, 0.15) is 0 Å². The molecule has 124 valence electrons. The van der Waals surface area contributed by atoms with E-state index in [9.17, 15) is 4.79 Å². The van der Waals surface area contributed by atoms with Gasteiger partial charge in [-0.05, 0) is 39.8 Å². The zero-order valence-electron chi connectivity index (χ0n) is 12.9. The van der Waals surface area contributed by atoms with Gasteiger partial charge in [0.25, 0.3) is 0 Å². The minimum absolute atomic E-state index is 0. The maximum absolute atomic E-state index is 10.8. The largest absolute Gasteiger partial charge is 0.283 e. The van der Waals surface area contributed by atoms with Crippen LogP contribution >= 0.6 is 0 Å². The number of carbonyl (C=O) groups is 1. The summed E-state index contributed by atoms with van der Waals surface area (Å²) in [6.07, 6.45) is 0. The van der Waals surface area contributed by atoms with E-state index in [1.54, 1.807) is 0 Å². The summed E-state index contributed by atoms with van der Waals surface area (Å²) in [7, 11) is 0. The van der Waals surface area contributed by atoms with Crippen LogP contribution in [0.3, 0.4) is 0 Å². The lowest BCUT2D eigenvalue weighted by Crippen LogP contribution is -2.08. The smallest absolute Gasteiger partial charge is 0.243 e. The Morgan fingerprint density at radius 3 is 1.76 bits per heavy atom. The summed E-state index contributed by atoms with van der Waals surface area (Å²) in [5.41, 5.74) is 3.95. The van der Waals surface area contributed by atoms with E-state index < -0.39 is 0 Å². The fourth-order valence-electron chi connectivity index (χ4n) is 1.50. The maximum atomic E-state index is 10.8. The summed E-state index contributed by atoms with van der Waals surface area (Å²) >= 11 is 0. The van der Waals surface area contributed by atoms with E-state index in [1.807, 2.05) is 53.7 Å². The molecule has 0 bridgehead atoms. The number of aromatic amines is 1. The summed E-state index contributed by atoms with van der Waals surface area (Å²) in [5.74, 6) is -0.0365. The average Bonchev–Trinajstić information content (AvgIpc) is 2.88. The third-order valence-corrected chi connectivity index (χ3v) is 2.14. The predicted molar refractivity (Wildman–Crippen MR) is 93.0 cm³/mol. The molecule has 0 aliphatic rings. The lowest BCUT2D eigenvalue weighted by molar-refractivity contribution is 0.0918. The number of rotatable bonds is 0. The normalized spacial score (nSPS) is 8.14. The first-order chi connectivity index (χ1) is 8.90. The molecule has 21 heavy (non-hydrogen) atoms. The Balaban J connectivity index is -0.000000121. The van der Waals surface area contributed by atoms with E-state index in [1.165, 1.54) is 11.6 Å². The molecule has 0 atom stereocenters. The third kappa shape index (κ3) is 8.78. The highest BCUT2D eigenvalue weighted by molar-refractivity contribution is 5.75. The van der Waals surface area contributed by atoms with Crippen LogP contribution < -0.4 is 0 Å². The van der Waals surface area contributed by atoms with E-state index in [0.29, 0.717) is 0 Å². The summed E-state index contributed by atoms with van der Waals surface area (Å²) in [6.45, 7) is 13.2. The molecule has 0 aliphatic carbocycles. The van der Waals surface area contributed by atoms with Crippen molar-refractivity contribution in [3.05, 3.63) is 34.9 Å². The first-order valence-corrected chi connectivity index (χ1v) is 6.43. The maximum Gasteiger partial charge on any atom is 0.243 e. The van der Waals surface area contributed by atoms with E-state index in [4.69, 9.17) is 0 Å². The SMILES string of the molecule is C.C.CC.CC(=O)n1nc(C)cc1C.Cc1cc(C)[nH]n1.[2HH]. The molecule has 0 saturated heterocycles. The van der Waals surface area contributed by atoms with Gasteiger partial charge in [0.05, 0.1) is 11.4 Å². The van der Waals surface area contributed by atoms with Crippen molar-refractivity contribution in [3.8, 4) is 0 Å². The molecule has 0 radical (unpaired) electrons. The van der Waals surface area contributed by atoms with Crippen molar-refractivity contribution in [2.45, 2.75) is 63.3 Å². The van der Waals surface area contributed by atoms with Gasteiger partial charge in [-0.1, -0.05) is 28.7 Å². The fourth-order valence-corrected chi connectivity index (χ4v) is 1.50. The van der Waals surface area contributed by atoms with Crippen LogP contribution in [0.5, 0.6) is 0 Å². The molecule has 5 heteroatoms. The molecule has 2 rings (SSSR count). The van der Waals surface area contributed by atoms with Crippen LogP contribution in [0.25, 0.3) is 0 Å². The second-order valence-corrected chi connectivity index (χ2v) is 4.05. The van der Waals surface area contributed by atoms with E-state index in [-0.39, 0.29) is 22.2 Å². The van der Waals surface area contributed by atoms with Gasteiger partial charge in [-0.2, -0.15) is 10.2 Å². The minimum atomic E-state index is -0.0365. The van der Waals surface area contributed by atoms with Crippen molar-refractivity contribution < 1.29 is 6.22 Å². The summed E-state index contributed by atoms with van der Waals surface area (Å²) in [6, 6.07) is 3.88. The van der Waals surface area contributed by atoms with Crippen molar-refractivity contribution >= 4 is 5.91 Å². The number of aromatic nitrogens is 4. The number of aryl methyl sites for hydroxylation is 4. The standard InChI is InChI=1S/C7H10N2O.C5H8N2.C2H6.2CH4.H2/c1-5-4-6(2)9(8-5)7(3)10;1-4-3-5(2)7-6-4;1-2;;;/h4H,1-3H3;3H,1-2H3,(H,6,7);1-2H3;2*1H4;1H/i;;;;;1+1. The van der Waals surface area contributed by atoms with E-state index >= 15 is 0 Å². The molecule has 0 saturated carbocycles. The molecular formula is C16H34N4O. The second-order valence-electron chi connectivity index (χ2n) is 4.05. The molecule has 0 unspecified atom stereocenters. The van der Waals surface area contributed by atoms with Gasteiger partial charge in [-0.3, -0.25) is 9.89 Å². The predicted octanol–water partition coefficient (Wildman–Crippen LogP) is 4.73. The van der Waals surface area contributed by atoms with Crippen molar-refractivity contribution in [1.82, 2.24) is 20.0 Å². The van der Waals surface area contributed by atoms with Crippen molar-refractivity contribution in [3.63, 3.8) is 0 Å². The Hall–Kier alpha value is -1.91. The molecule has 2 heterocycles. The van der Waals surface area contributed by atoms with Crippen molar-refractivity contribution in [1.29, 1.82) is 0 Å². The van der Waals surface area contributed by atoms with Crippen LogP contribution in [0.2, 0.25) is 0 Å². The Morgan fingerprint density at radius 1 is 1.10 bits per heavy atom. The van der Waals surface area contributed by atoms with Crippen LogP contribution in [0.4, 0.5) is 0 Å². The molecule has 0 amide bonds. The zero-order valence-corrected chi connectivity index (χ0v) is 12.9. The van der Waals surface area contributed by atoms with Crippen molar-refractivity contribution in [2.24, 2.45) is 0 Å². The van der Waals surface area contributed by atoms with E-state index in [2.05, 4.69) is 15.3 Å². The first-order valence-electron chi connectivity index (χ1n) is 6.43. The lowest BCUT2D eigenvalue weighted by atomic mass is 10.4. The monoisotopic (exact) mass is 299 g/mol. The zero-order chi connectivity index (χ0) is 15.0. The topological polar surface area (TPSA) is 63.6 Å². The van der Waals surface area contributed by atoms with Gasteiger partial charge < -0.3 is 0 Å². The Morgan fingerprint density at radius 2 is 1.62 bits per heavy atom. The van der Waals surface area contributed by atoms with Gasteiger partial charge in [-0.15, -0.1) is 0 Å². The highest BCUT2D eigenvalue weighted by atomic mass is 16.2. The summed E-state index contributed by atoms with van der Waals surface area (Å²) in [5, 5.41) is 10.7. The highest BCUT2D eigenvalue weighted by Gasteiger charge is 2.02. The lowest BCUT2D eigenvalue weighted by Gasteiger charge is -1.94. The molecule has 0 aliphatic heterocycles. The molecule has 0 fully saturated rings. The number of hydrogen-bond donors (Lipinski definition) is 1. The van der Waals surface area contributed by atoms with Crippen LogP contribution in [-0.2, 0) is 0 Å². The molecule has 2 aromatic heterocycles. The minimum Gasteiger partial charge on any atom is -0.283 e. The molecule has 5 nitrogen and oxygen atoms in total. The molecule has 1 N–H and O–H groups in total. The van der Waals surface area contributed by atoms with E-state index in [0.717, 1.165) is 22.8 Å². The number of hydrogen-bond acceptors (Lipinski definition) is 3. The van der Waals surface area contributed by atoms with Gasteiger partial charge in [0, 0.05) is 19.7 Å². The van der Waals surface area contributed by atoms with Gasteiger partial charge in [0.2, 0.25) is 5.91 Å². The number of nitrogens with zero attached hydrogens (tertiary/aromatic N) is 3. The Labute approximate surface area is 131 Å². The molecular weight excluding hydrogens is 264 g/mol. The van der Waals surface area contributed by atoms with Crippen LogP contribution in [-0.4, -0.2) is 25.9 Å². The molecule has 2 aromatic rings. The number of H-pyrrole nitrogens is 1. The van der Waals surface area contributed by atoms with Gasteiger partial charge in [0.15, 0.2) is 0 Å². The van der Waals surface area contributed by atoms with Crippen LogP contribution in [0, 0.1) is 27.7 Å². The van der Waals surface area contributed by atoms with Gasteiger partial charge >= 0.3 is 0 Å². The number of carbonyl (C=O) groups excluding carboxylic acids is 1. The third-order valence-electron chi connectivity index (χ3n) is 2.14. The molecule has 0 spiro atoms. The van der Waals surface area contributed by atoms with Crippen molar-refractivity contribution in [2.75, 3.05) is 0 Å². The molecule has 0 aromatic carbocycles. The fraction of sp³-hybridized carbons (Fsp3) is 0.562.